The van der Waals surface area contributed by atoms with Crippen LogP contribution in [0.1, 0.15) is 24.0 Å². The monoisotopic (exact) mass is 518 g/mol. The van der Waals surface area contributed by atoms with E-state index in [9.17, 15) is 17.6 Å². The number of nitrogens with one attached hydrogen (secondary N) is 1. The number of carbonyl (C=O) groups excluding carboxylic acids is 1. The van der Waals surface area contributed by atoms with Crippen LogP contribution in [0.15, 0.2) is 42.5 Å². The molecule has 0 aromatic heterocycles. The lowest BCUT2D eigenvalue weighted by atomic mass is 9.97. The van der Waals surface area contributed by atoms with Crippen molar-refractivity contribution in [1.82, 2.24) is 9.62 Å². The Morgan fingerprint density at radius 2 is 1.84 bits per heavy atom. The summed E-state index contributed by atoms with van der Waals surface area (Å²) in [5.41, 5.74) is 1.15. The van der Waals surface area contributed by atoms with Crippen LogP contribution in [0.4, 0.5) is 4.39 Å². The number of halogens is 3. The maximum Gasteiger partial charge on any atom is 0.223 e. The zero-order valence-electron chi connectivity index (χ0n) is 17.4. The molecule has 0 spiro atoms. The van der Waals surface area contributed by atoms with Crippen LogP contribution in [0, 0.1) is 11.7 Å². The third-order valence-corrected chi connectivity index (χ3v) is 8.75. The highest BCUT2D eigenvalue weighted by Crippen LogP contribution is 2.26. The van der Waals surface area contributed by atoms with E-state index in [1.54, 1.807) is 42.1 Å². The van der Waals surface area contributed by atoms with Gasteiger partial charge in [0.15, 0.2) is 0 Å². The van der Waals surface area contributed by atoms with Gasteiger partial charge in [0, 0.05) is 47.1 Å². The van der Waals surface area contributed by atoms with Crippen molar-refractivity contribution in [3.05, 3.63) is 69.5 Å². The van der Waals surface area contributed by atoms with Gasteiger partial charge in [0.1, 0.15) is 5.82 Å². The van der Waals surface area contributed by atoms with Crippen LogP contribution in [0.5, 0.6) is 0 Å². The lowest BCUT2D eigenvalue weighted by Crippen LogP contribution is -2.43. The van der Waals surface area contributed by atoms with E-state index in [0.717, 1.165) is 0 Å². The number of hydrogen-bond acceptors (Lipinski definition) is 4. The van der Waals surface area contributed by atoms with Gasteiger partial charge in [0.05, 0.1) is 5.75 Å². The van der Waals surface area contributed by atoms with Crippen molar-refractivity contribution in [2.75, 3.05) is 25.4 Å². The van der Waals surface area contributed by atoms with E-state index in [0.29, 0.717) is 65.2 Å². The number of hydrogen-bond donors (Lipinski definition) is 1. The van der Waals surface area contributed by atoms with Crippen LogP contribution in [0.25, 0.3) is 0 Å². The number of piperidine rings is 1. The van der Waals surface area contributed by atoms with Gasteiger partial charge >= 0.3 is 0 Å². The van der Waals surface area contributed by atoms with Gasteiger partial charge in [-0.3, -0.25) is 4.79 Å². The van der Waals surface area contributed by atoms with Crippen LogP contribution >= 0.6 is 35.0 Å². The van der Waals surface area contributed by atoms with Crippen molar-refractivity contribution in [2.24, 2.45) is 5.92 Å². The average Bonchev–Trinajstić information content (AvgIpc) is 2.76. The third-order valence-electron chi connectivity index (χ3n) is 5.33. The summed E-state index contributed by atoms with van der Waals surface area (Å²) < 4.78 is 40.5. The maximum absolute atomic E-state index is 13.6. The van der Waals surface area contributed by atoms with Gasteiger partial charge in [0.25, 0.3) is 0 Å². The number of sulfonamides is 1. The molecule has 0 bridgehead atoms. The fraction of sp³-hybridized carbons (Fsp3) is 0.409. The highest BCUT2D eigenvalue weighted by atomic mass is 35.5. The quantitative estimate of drug-likeness (QED) is 0.487. The molecule has 2 aromatic carbocycles. The Labute approximate surface area is 202 Å². The summed E-state index contributed by atoms with van der Waals surface area (Å²) >= 11 is 13.5. The summed E-state index contributed by atoms with van der Waals surface area (Å²) in [5, 5.41) is 3.68. The van der Waals surface area contributed by atoms with E-state index < -0.39 is 10.0 Å². The Hall–Kier alpha value is -1.32. The largest absolute Gasteiger partial charge is 0.355 e. The molecule has 1 N–H and O–H groups in total. The Kier molecular flexibility index (Phi) is 9.25. The Morgan fingerprint density at radius 3 is 2.53 bits per heavy atom. The lowest BCUT2D eigenvalue weighted by Gasteiger charge is -2.30. The number of rotatable bonds is 9. The second-order valence-corrected chi connectivity index (χ2v) is 11.5. The molecular weight excluding hydrogens is 494 g/mol. The Balaban J connectivity index is 1.39. The average molecular weight is 519 g/mol. The number of carbonyl (C=O) groups is 1. The topological polar surface area (TPSA) is 66.5 Å². The summed E-state index contributed by atoms with van der Waals surface area (Å²) in [7, 11) is -3.53. The van der Waals surface area contributed by atoms with E-state index in [1.165, 1.54) is 16.4 Å². The molecule has 32 heavy (non-hydrogen) atoms. The van der Waals surface area contributed by atoms with E-state index in [2.05, 4.69) is 5.32 Å². The first-order valence-electron chi connectivity index (χ1n) is 10.3. The van der Waals surface area contributed by atoms with Gasteiger partial charge in [-0.2, -0.15) is 11.8 Å². The minimum atomic E-state index is -3.53. The molecule has 10 heteroatoms. The molecule has 0 radical (unpaired) electrons. The number of amides is 1. The molecule has 1 saturated heterocycles. The molecule has 3 rings (SSSR count). The van der Waals surface area contributed by atoms with Gasteiger partial charge < -0.3 is 5.32 Å². The van der Waals surface area contributed by atoms with Crippen LogP contribution < -0.4 is 5.32 Å². The van der Waals surface area contributed by atoms with E-state index in [-0.39, 0.29) is 23.4 Å². The molecule has 1 amide bonds. The molecule has 2 aromatic rings. The van der Waals surface area contributed by atoms with E-state index in [1.807, 2.05) is 0 Å². The van der Waals surface area contributed by atoms with Gasteiger partial charge in [-0.15, -0.1) is 0 Å². The zero-order valence-corrected chi connectivity index (χ0v) is 20.5. The highest BCUT2D eigenvalue weighted by molar-refractivity contribution is 7.98. The van der Waals surface area contributed by atoms with Gasteiger partial charge in [0.2, 0.25) is 15.9 Å². The molecule has 0 atom stereocenters. The van der Waals surface area contributed by atoms with Gasteiger partial charge in [-0.05, 0) is 42.2 Å². The summed E-state index contributed by atoms with van der Waals surface area (Å²) in [4.78, 5) is 12.4. The molecule has 1 aliphatic rings. The number of thioether (sulfide) groups is 1. The highest BCUT2D eigenvalue weighted by Gasteiger charge is 2.31. The second-order valence-electron chi connectivity index (χ2n) is 7.60. The normalized spacial score (nSPS) is 15.6. The first kappa shape index (κ1) is 25.3. The van der Waals surface area contributed by atoms with Crippen LogP contribution in [-0.2, 0) is 26.3 Å². The summed E-state index contributed by atoms with van der Waals surface area (Å²) in [6.07, 6.45) is 0.948. The Bertz CT molecular complexity index is 1050. The van der Waals surface area contributed by atoms with Gasteiger partial charge in [-0.25, -0.2) is 17.1 Å². The lowest BCUT2D eigenvalue weighted by molar-refractivity contribution is -0.125. The summed E-state index contributed by atoms with van der Waals surface area (Å²) in [6.45, 7) is 1.09. The van der Waals surface area contributed by atoms with Crippen molar-refractivity contribution in [3.8, 4) is 0 Å². The molecule has 1 heterocycles. The van der Waals surface area contributed by atoms with E-state index in [4.69, 9.17) is 23.2 Å². The molecule has 1 aliphatic heterocycles. The number of nitrogens with zero attached hydrogens (tertiary/aromatic N) is 1. The summed E-state index contributed by atoms with van der Waals surface area (Å²) in [6, 6.07) is 11.4. The van der Waals surface area contributed by atoms with Crippen molar-refractivity contribution in [1.29, 1.82) is 0 Å². The first-order chi connectivity index (χ1) is 15.3. The smallest absolute Gasteiger partial charge is 0.223 e. The molecule has 0 aliphatic carbocycles. The van der Waals surface area contributed by atoms with Crippen molar-refractivity contribution >= 4 is 50.9 Å². The Morgan fingerprint density at radius 1 is 1.12 bits per heavy atom. The number of benzene rings is 2. The SMILES string of the molecule is O=C(NCCSCc1ccccc1F)C1CCN(S(=O)(=O)Cc2ccc(Cl)cc2Cl)CC1. The fourth-order valence-electron chi connectivity index (χ4n) is 3.51. The third kappa shape index (κ3) is 7.09. The van der Waals surface area contributed by atoms with Crippen LogP contribution in [-0.4, -0.2) is 44.0 Å². The molecule has 1 fully saturated rings. The fourth-order valence-corrected chi connectivity index (χ4v) is 6.50. The summed E-state index contributed by atoms with van der Waals surface area (Å²) in [5.74, 6) is 0.542. The second kappa shape index (κ2) is 11.7. The maximum atomic E-state index is 13.6. The molecule has 174 valence electrons. The predicted octanol–water partition coefficient (Wildman–Crippen LogP) is 4.72. The molecular formula is C22H25Cl2FN2O3S2. The minimum Gasteiger partial charge on any atom is -0.355 e. The van der Waals surface area contributed by atoms with E-state index >= 15 is 0 Å². The van der Waals surface area contributed by atoms with Crippen molar-refractivity contribution < 1.29 is 17.6 Å². The minimum absolute atomic E-state index is 0.0608. The van der Waals surface area contributed by atoms with Crippen LogP contribution in [0.3, 0.4) is 0 Å². The molecule has 5 nitrogen and oxygen atoms in total. The zero-order chi connectivity index (χ0) is 23.1. The van der Waals surface area contributed by atoms with Crippen molar-refractivity contribution in [3.63, 3.8) is 0 Å². The van der Waals surface area contributed by atoms with Gasteiger partial charge in [-0.1, -0.05) is 47.5 Å². The molecule has 0 unspecified atom stereocenters. The standard InChI is InChI=1S/C22H25Cl2FN2O3S2/c23-19-6-5-18(20(24)13-19)15-32(29,30)27-10-7-16(8-11-27)22(28)26-9-12-31-14-17-3-1-2-4-21(17)25/h1-6,13,16H,7-12,14-15H2,(H,26,28). The van der Waals surface area contributed by atoms with Crippen molar-refractivity contribution in [2.45, 2.75) is 24.3 Å². The first-order valence-corrected chi connectivity index (χ1v) is 13.8. The van der Waals surface area contributed by atoms with Crippen LogP contribution in [0.2, 0.25) is 10.0 Å². The predicted molar refractivity (Wildman–Crippen MR) is 129 cm³/mol. The molecule has 0 saturated carbocycles.